The van der Waals surface area contributed by atoms with Gasteiger partial charge in [-0.3, -0.25) is 14.3 Å². The molecule has 3 atom stereocenters. The Kier molecular flexibility index (Phi) is 4.74. The van der Waals surface area contributed by atoms with Gasteiger partial charge in [-0.2, -0.15) is 10.4 Å². The van der Waals surface area contributed by atoms with Gasteiger partial charge in [-0.05, 0) is 48.2 Å². The zero-order valence-corrected chi connectivity index (χ0v) is 17.0. The summed E-state index contributed by atoms with van der Waals surface area (Å²) in [6.07, 6.45) is 2.49. The minimum Gasteiger partial charge on any atom is -0.502 e. The lowest BCUT2D eigenvalue weighted by atomic mass is 9.79. The van der Waals surface area contributed by atoms with Gasteiger partial charge >= 0.3 is 0 Å². The smallest absolute Gasteiger partial charge is 0.276 e. The van der Waals surface area contributed by atoms with Crippen LogP contribution in [0.5, 0.6) is 5.75 Å². The van der Waals surface area contributed by atoms with Crippen molar-refractivity contribution in [3.8, 4) is 11.8 Å². The summed E-state index contributed by atoms with van der Waals surface area (Å²) < 4.78 is 15.7. The fourth-order valence-electron chi connectivity index (χ4n) is 5.00. The van der Waals surface area contributed by atoms with Crippen LogP contribution in [0.15, 0.2) is 59.5 Å². The largest absolute Gasteiger partial charge is 0.502 e. The summed E-state index contributed by atoms with van der Waals surface area (Å²) in [5.41, 5.74) is 1.11. The topological polar surface area (TPSA) is 99.2 Å². The molecule has 1 unspecified atom stereocenters. The van der Waals surface area contributed by atoms with Crippen molar-refractivity contribution in [3.63, 3.8) is 0 Å². The number of hydrogen-bond acceptors (Lipinski definition) is 5. The predicted octanol–water partition coefficient (Wildman–Crippen LogP) is 2.95. The maximum absolute atomic E-state index is 14.3. The number of carbonyl (C=O) groups is 1. The Balaban J connectivity index is 1.77. The third-order valence-corrected chi connectivity index (χ3v) is 6.37. The highest BCUT2D eigenvalue weighted by Crippen LogP contribution is 2.45. The second kappa shape index (κ2) is 7.61. The molecule has 1 N–H and O–H groups in total. The van der Waals surface area contributed by atoms with Gasteiger partial charge in [0.15, 0.2) is 11.4 Å². The van der Waals surface area contributed by atoms with Crippen LogP contribution in [0.25, 0.3) is 0 Å². The van der Waals surface area contributed by atoms with Crippen LogP contribution in [-0.2, 0) is 0 Å². The van der Waals surface area contributed by atoms with E-state index in [4.69, 9.17) is 0 Å². The van der Waals surface area contributed by atoms with Gasteiger partial charge in [0, 0.05) is 12.5 Å². The first kappa shape index (κ1) is 19.9. The second-order valence-electron chi connectivity index (χ2n) is 8.12. The lowest BCUT2D eigenvalue weighted by molar-refractivity contribution is 0.0565. The van der Waals surface area contributed by atoms with Gasteiger partial charge in [-0.15, -0.1) is 0 Å². The molecule has 7 nitrogen and oxygen atoms in total. The second-order valence-corrected chi connectivity index (χ2v) is 8.12. The molecule has 2 aliphatic heterocycles. The van der Waals surface area contributed by atoms with E-state index in [9.17, 15) is 24.3 Å². The molecule has 8 heteroatoms. The average molecular weight is 430 g/mol. The Morgan fingerprint density at radius 3 is 2.66 bits per heavy atom. The van der Waals surface area contributed by atoms with Crippen LogP contribution in [0.4, 0.5) is 4.39 Å². The summed E-state index contributed by atoms with van der Waals surface area (Å²) >= 11 is 0. The number of hydrogen-bond donors (Lipinski definition) is 1. The van der Waals surface area contributed by atoms with Gasteiger partial charge in [0.05, 0.1) is 29.9 Å². The number of aromatic nitrogens is 2. The van der Waals surface area contributed by atoms with E-state index in [0.717, 1.165) is 18.2 Å². The molecule has 1 saturated heterocycles. The van der Waals surface area contributed by atoms with E-state index in [0.29, 0.717) is 24.1 Å². The average Bonchev–Trinajstić information content (AvgIpc) is 3.29. The number of carbonyl (C=O) groups excluding carboxylic acids is 1. The lowest BCUT2D eigenvalue weighted by Gasteiger charge is -2.42. The summed E-state index contributed by atoms with van der Waals surface area (Å²) in [5, 5.41) is 23.9. The van der Waals surface area contributed by atoms with Gasteiger partial charge in [0.2, 0.25) is 5.43 Å². The lowest BCUT2D eigenvalue weighted by Crippen LogP contribution is -2.50. The Bertz CT molecular complexity index is 1310. The molecule has 1 amide bonds. The van der Waals surface area contributed by atoms with Crippen molar-refractivity contribution < 1.29 is 14.3 Å². The van der Waals surface area contributed by atoms with E-state index in [1.54, 1.807) is 23.1 Å². The summed E-state index contributed by atoms with van der Waals surface area (Å²) in [6, 6.07) is 14.6. The van der Waals surface area contributed by atoms with Gasteiger partial charge in [-0.1, -0.05) is 24.3 Å². The van der Waals surface area contributed by atoms with Gasteiger partial charge in [-0.25, -0.2) is 4.39 Å². The molecule has 0 spiro atoms. The van der Waals surface area contributed by atoms with Crippen molar-refractivity contribution in [1.82, 2.24) is 14.7 Å². The SMILES string of the molecule is N#Cc1ccc(C(c2cccc(F)c2)[C@H]2[C@H]3CCCN3C(=O)c3c(O)c(=O)cnn32)cc1. The normalized spacial score (nSPS) is 20.4. The monoisotopic (exact) mass is 430 g/mol. The fraction of sp³-hybridized carbons (Fsp3) is 0.250. The first-order valence-corrected chi connectivity index (χ1v) is 10.4. The molecule has 1 aromatic heterocycles. The number of rotatable bonds is 3. The van der Waals surface area contributed by atoms with E-state index < -0.39 is 34.9 Å². The molecular weight excluding hydrogens is 411 g/mol. The molecule has 1 fully saturated rings. The molecule has 0 radical (unpaired) electrons. The van der Waals surface area contributed by atoms with Crippen molar-refractivity contribution in [2.75, 3.05) is 6.54 Å². The van der Waals surface area contributed by atoms with Gasteiger partial charge in [0.25, 0.3) is 5.91 Å². The maximum atomic E-state index is 14.3. The van der Waals surface area contributed by atoms with E-state index in [2.05, 4.69) is 11.2 Å². The van der Waals surface area contributed by atoms with Crippen LogP contribution in [0.2, 0.25) is 0 Å². The number of fused-ring (bicyclic) bond motifs is 2. The minimum atomic E-state index is -0.721. The highest BCUT2D eigenvalue weighted by molar-refractivity contribution is 5.96. The Morgan fingerprint density at radius 1 is 1.16 bits per heavy atom. The third-order valence-electron chi connectivity index (χ3n) is 6.37. The van der Waals surface area contributed by atoms with E-state index in [1.807, 2.05) is 18.2 Å². The third kappa shape index (κ3) is 3.05. The molecule has 3 aromatic rings. The number of benzene rings is 2. The summed E-state index contributed by atoms with van der Waals surface area (Å²) in [4.78, 5) is 26.9. The first-order valence-electron chi connectivity index (χ1n) is 10.4. The van der Waals surface area contributed by atoms with Crippen molar-refractivity contribution in [1.29, 1.82) is 5.26 Å². The molecule has 0 bridgehead atoms. The summed E-state index contributed by atoms with van der Waals surface area (Å²) in [5.74, 6) is -1.89. The molecule has 2 aromatic carbocycles. The first-order chi connectivity index (χ1) is 15.5. The Morgan fingerprint density at radius 2 is 1.94 bits per heavy atom. The zero-order valence-electron chi connectivity index (χ0n) is 17.0. The zero-order chi connectivity index (χ0) is 22.4. The molecule has 2 aliphatic rings. The van der Waals surface area contributed by atoms with Gasteiger partial charge < -0.3 is 10.0 Å². The molecular formula is C24H19FN4O3. The van der Waals surface area contributed by atoms with Crippen LogP contribution in [-0.4, -0.2) is 38.3 Å². The van der Waals surface area contributed by atoms with Crippen molar-refractivity contribution >= 4 is 5.91 Å². The van der Waals surface area contributed by atoms with Crippen LogP contribution in [0.1, 0.15) is 52.0 Å². The van der Waals surface area contributed by atoms with E-state index in [-0.39, 0.29) is 11.7 Å². The fourth-order valence-corrected chi connectivity index (χ4v) is 5.00. The minimum absolute atomic E-state index is 0.143. The molecule has 0 aliphatic carbocycles. The van der Waals surface area contributed by atoms with E-state index >= 15 is 0 Å². The molecule has 32 heavy (non-hydrogen) atoms. The van der Waals surface area contributed by atoms with E-state index in [1.165, 1.54) is 16.8 Å². The summed E-state index contributed by atoms with van der Waals surface area (Å²) in [6.45, 7) is 0.506. The number of aromatic hydroxyl groups is 1. The van der Waals surface area contributed by atoms with Crippen LogP contribution >= 0.6 is 0 Å². The standard InChI is InChI=1S/C24H19FN4O3/c25-17-4-1-3-16(11-17)20(15-8-6-14(12-26)7-9-15)21-18-5-2-10-28(18)24(32)22-23(31)19(30)13-27-29(21)22/h1,3-4,6-9,11,13,18,20-21,31H,2,5,10H2/t18-,20?,21-/m1/s1. The predicted molar refractivity (Wildman–Crippen MR) is 113 cm³/mol. The van der Waals surface area contributed by atoms with Crippen LogP contribution < -0.4 is 5.43 Å². The van der Waals surface area contributed by atoms with Crippen molar-refractivity contribution in [3.05, 3.63) is 93.2 Å². The molecule has 0 saturated carbocycles. The van der Waals surface area contributed by atoms with Gasteiger partial charge in [0.1, 0.15) is 5.82 Å². The molecule has 160 valence electrons. The molecule has 3 heterocycles. The van der Waals surface area contributed by atoms with Crippen LogP contribution in [0.3, 0.4) is 0 Å². The number of halogens is 1. The highest BCUT2D eigenvalue weighted by atomic mass is 19.1. The van der Waals surface area contributed by atoms with Crippen molar-refractivity contribution in [2.24, 2.45) is 0 Å². The molecule has 5 rings (SSSR count). The quantitative estimate of drug-likeness (QED) is 0.689. The highest BCUT2D eigenvalue weighted by Gasteiger charge is 2.48. The number of nitriles is 1. The maximum Gasteiger partial charge on any atom is 0.276 e. The number of amides is 1. The summed E-state index contributed by atoms with van der Waals surface area (Å²) in [7, 11) is 0. The van der Waals surface area contributed by atoms with Crippen molar-refractivity contribution in [2.45, 2.75) is 30.8 Å². The van der Waals surface area contributed by atoms with Crippen LogP contribution in [0, 0.1) is 17.1 Å². The Hall–Kier alpha value is -3.99. The number of nitrogens with zero attached hydrogens (tertiary/aromatic N) is 4. The Labute approximate surface area is 183 Å².